The average Bonchev–Trinajstić information content (AvgIpc) is 2.68. The Kier molecular flexibility index (Phi) is 6.16. The Balaban J connectivity index is 1.83. The Morgan fingerprint density at radius 3 is 2.52 bits per heavy atom. The van der Waals surface area contributed by atoms with Gasteiger partial charge in [-0.3, -0.25) is 9.59 Å². The highest BCUT2D eigenvalue weighted by Crippen LogP contribution is 2.26. The summed E-state index contributed by atoms with van der Waals surface area (Å²) >= 11 is 3.38. The summed E-state index contributed by atoms with van der Waals surface area (Å²) in [5.74, 6) is 0.761. The molecule has 2 aromatic carbocycles. The number of para-hydroxylation sites is 1. The molecule has 0 saturated carbocycles. The van der Waals surface area contributed by atoms with E-state index in [-0.39, 0.29) is 11.8 Å². The van der Waals surface area contributed by atoms with Crippen LogP contribution in [0.15, 0.2) is 46.9 Å². The summed E-state index contributed by atoms with van der Waals surface area (Å²) in [6.07, 6.45) is 2.02. The number of amides is 2. The number of nitrogens with one attached hydrogen (secondary N) is 1. The molecule has 1 aliphatic heterocycles. The molecule has 27 heavy (non-hydrogen) atoms. The predicted molar refractivity (Wildman–Crippen MR) is 109 cm³/mol. The molecule has 0 unspecified atom stereocenters. The summed E-state index contributed by atoms with van der Waals surface area (Å²) in [6, 6.07) is 12.4. The molecular formula is C21H23BrN2O3. The summed E-state index contributed by atoms with van der Waals surface area (Å²) in [5.41, 5.74) is 1.42. The zero-order valence-electron chi connectivity index (χ0n) is 15.5. The van der Waals surface area contributed by atoms with Crippen LogP contribution in [0.4, 0.5) is 5.69 Å². The molecule has 1 aliphatic rings. The number of piperidine rings is 1. The van der Waals surface area contributed by atoms with Crippen LogP contribution in [0.5, 0.6) is 5.75 Å². The van der Waals surface area contributed by atoms with E-state index in [0.717, 1.165) is 30.4 Å². The van der Waals surface area contributed by atoms with E-state index in [1.54, 1.807) is 24.3 Å². The second kappa shape index (κ2) is 8.57. The Morgan fingerprint density at radius 2 is 1.81 bits per heavy atom. The van der Waals surface area contributed by atoms with E-state index >= 15 is 0 Å². The number of hydrogen-bond donors (Lipinski definition) is 1. The van der Waals surface area contributed by atoms with Crippen molar-refractivity contribution >= 4 is 33.4 Å². The lowest BCUT2D eigenvalue weighted by Crippen LogP contribution is -2.38. The van der Waals surface area contributed by atoms with Crippen molar-refractivity contribution in [2.24, 2.45) is 5.92 Å². The first-order valence-corrected chi connectivity index (χ1v) is 9.82. The van der Waals surface area contributed by atoms with Crippen molar-refractivity contribution in [1.29, 1.82) is 0 Å². The van der Waals surface area contributed by atoms with Gasteiger partial charge in [0.2, 0.25) is 0 Å². The largest absolute Gasteiger partial charge is 0.496 e. The summed E-state index contributed by atoms with van der Waals surface area (Å²) in [6.45, 7) is 3.71. The maximum Gasteiger partial charge on any atom is 0.259 e. The highest BCUT2D eigenvalue weighted by molar-refractivity contribution is 9.10. The van der Waals surface area contributed by atoms with Crippen molar-refractivity contribution in [1.82, 2.24) is 4.90 Å². The van der Waals surface area contributed by atoms with Crippen LogP contribution in [0.2, 0.25) is 0 Å². The van der Waals surface area contributed by atoms with Crippen LogP contribution < -0.4 is 10.1 Å². The van der Waals surface area contributed by atoms with Crippen molar-refractivity contribution in [2.45, 2.75) is 19.8 Å². The number of methoxy groups -OCH3 is 1. The van der Waals surface area contributed by atoms with Gasteiger partial charge in [0.25, 0.3) is 11.8 Å². The monoisotopic (exact) mass is 430 g/mol. The van der Waals surface area contributed by atoms with Gasteiger partial charge in [-0.15, -0.1) is 0 Å². The summed E-state index contributed by atoms with van der Waals surface area (Å²) in [4.78, 5) is 27.6. The number of likely N-dealkylation sites (tertiary alicyclic amines) is 1. The standard InChI is InChI=1S/C21H23BrN2O3/c1-14-9-11-24(12-10-14)21(26)16-5-3-4-6-18(16)23-20(25)17-13-15(22)7-8-19(17)27-2/h3-8,13-14H,9-12H2,1-2H3,(H,23,25). The topological polar surface area (TPSA) is 58.6 Å². The molecule has 0 spiro atoms. The van der Waals surface area contributed by atoms with E-state index in [0.29, 0.717) is 28.5 Å². The minimum Gasteiger partial charge on any atom is -0.496 e. The molecule has 5 nitrogen and oxygen atoms in total. The first-order valence-electron chi connectivity index (χ1n) is 9.02. The lowest BCUT2D eigenvalue weighted by Gasteiger charge is -2.30. The third kappa shape index (κ3) is 4.50. The molecule has 1 saturated heterocycles. The molecule has 1 heterocycles. The van der Waals surface area contributed by atoms with E-state index in [9.17, 15) is 9.59 Å². The third-order valence-electron chi connectivity index (χ3n) is 4.88. The van der Waals surface area contributed by atoms with Gasteiger partial charge in [0.15, 0.2) is 0 Å². The lowest BCUT2D eigenvalue weighted by atomic mass is 9.98. The van der Waals surface area contributed by atoms with Crippen molar-refractivity contribution in [3.05, 3.63) is 58.1 Å². The zero-order valence-corrected chi connectivity index (χ0v) is 17.1. The minimum absolute atomic E-state index is 0.0426. The number of carbonyl (C=O) groups is 2. The number of hydrogen-bond acceptors (Lipinski definition) is 3. The normalized spacial score (nSPS) is 14.7. The Bertz CT molecular complexity index is 845. The van der Waals surface area contributed by atoms with Crippen molar-refractivity contribution in [2.75, 3.05) is 25.5 Å². The molecule has 2 amide bonds. The number of ether oxygens (including phenoxy) is 1. The average molecular weight is 431 g/mol. The van der Waals surface area contributed by atoms with Gasteiger partial charge in [0.05, 0.1) is 23.9 Å². The van der Waals surface area contributed by atoms with Crippen molar-refractivity contribution in [3.8, 4) is 5.75 Å². The van der Waals surface area contributed by atoms with Gasteiger partial charge in [-0.25, -0.2) is 0 Å². The van der Waals surface area contributed by atoms with Gasteiger partial charge in [-0.2, -0.15) is 0 Å². The number of carbonyl (C=O) groups excluding carboxylic acids is 2. The van der Waals surface area contributed by atoms with E-state index in [2.05, 4.69) is 28.2 Å². The second-order valence-electron chi connectivity index (χ2n) is 6.82. The first-order chi connectivity index (χ1) is 13.0. The van der Waals surface area contributed by atoms with Crippen LogP contribution in [0.25, 0.3) is 0 Å². The highest BCUT2D eigenvalue weighted by atomic mass is 79.9. The summed E-state index contributed by atoms with van der Waals surface area (Å²) in [5, 5.41) is 2.87. The zero-order chi connectivity index (χ0) is 19.4. The van der Waals surface area contributed by atoms with Gasteiger partial charge in [0, 0.05) is 17.6 Å². The molecule has 1 fully saturated rings. The molecule has 0 radical (unpaired) electrons. The molecule has 1 N–H and O–H groups in total. The summed E-state index contributed by atoms with van der Waals surface area (Å²) < 4.78 is 6.06. The molecule has 3 rings (SSSR count). The fourth-order valence-electron chi connectivity index (χ4n) is 3.21. The van der Waals surface area contributed by atoms with Gasteiger partial charge in [-0.05, 0) is 49.1 Å². The van der Waals surface area contributed by atoms with Crippen LogP contribution in [0.3, 0.4) is 0 Å². The van der Waals surface area contributed by atoms with Gasteiger partial charge < -0.3 is 15.0 Å². The Labute approximate surface area is 167 Å². The SMILES string of the molecule is COc1ccc(Br)cc1C(=O)Nc1ccccc1C(=O)N1CCC(C)CC1. The predicted octanol–water partition coefficient (Wildman–Crippen LogP) is 4.58. The molecule has 0 bridgehead atoms. The smallest absolute Gasteiger partial charge is 0.259 e. The molecule has 0 atom stereocenters. The van der Waals surface area contributed by atoms with E-state index in [1.807, 2.05) is 23.1 Å². The van der Waals surface area contributed by atoms with Crippen LogP contribution in [-0.2, 0) is 0 Å². The minimum atomic E-state index is -0.319. The van der Waals surface area contributed by atoms with Gasteiger partial charge in [-0.1, -0.05) is 35.0 Å². The van der Waals surface area contributed by atoms with Crippen LogP contribution >= 0.6 is 15.9 Å². The maximum atomic E-state index is 13.0. The fraction of sp³-hybridized carbons (Fsp3) is 0.333. The molecule has 2 aromatic rings. The number of halogens is 1. The fourth-order valence-corrected chi connectivity index (χ4v) is 3.57. The molecule has 0 aliphatic carbocycles. The number of anilines is 1. The number of rotatable bonds is 4. The van der Waals surface area contributed by atoms with E-state index in [4.69, 9.17) is 4.74 Å². The second-order valence-corrected chi connectivity index (χ2v) is 7.73. The number of benzene rings is 2. The molecule has 142 valence electrons. The van der Waals surface area contributed by atoms with Crippen LogP contribution in [0.1, 0.15) is 40.5 Å². The van der Waals surface area contributed by atoms with Crippen LogP contribution in [0, 0.1) is 5.92 Å². The Hall–Kier alpha value is -2.34. The highest BCUT2D eigenvalue weighted by Gasteiger charge is 2.24. The van der Waals surface area contributed by atoms with Gasteiger partial charge in [0.1, 0.15) is 5.75 Å². The van der Waals surface area contributed by atoms with Crippen molar-refractivity contribution < 1.29 is 14.3 Å². The first kappa shape index (κ1) is 19.4. The molecule has 6 heteroatoms. The molecular weight excluding hydrogens is 408 g/mol. The van der Waals surface area contributed by atoms with E-state index in [1.165, 1.54) is 7.11 Å². The van der Waals surface area contributed by atoms with E-state index < -0.39 is 0 Å². The Morgan fingerprint density at radius 1 is 1.11 bits per heavy atom. The van der Waals surface area contributed by atoms with Crippen LogP contribution in [-0.4, -0.2) is 36.9 Å². The van der Waals surface area contributed by atoms with Gasteiger partial charge >= 0.3 is 0 Å². The quantitative estimate of drug-likeness (QED) is 0.771. The lowest BCUT2D eigenvalue weighted by molar-refractivity contribution is 0.0698. The maximum absolute atomic E-state index is 13.0. The summed E-state index contributed by atoms with van der Waals surface area (Å²) in [7, 11) is 1.52. The van der Waals surface area contributed by atoms with Crippen molar-refractivity contribution in [3.63, 3.8) is 0 Å². The third-order valence-corrected chi connectivity index (χ3v) is 5.38. The number of nitrogens with zero attached hydrogens (tertiary/aromatic N) is 1. The molecule has 0 aromatic heterocycles.